The number of nitrogens with one attached hydrogen (secondary N) is 1. The number of aliphatic hydroxyl groups is 1. The van der Waals surface area contributed by atoms with Crippen LogP contribution in [0.3, 0.4) is 0 Å². The summed E-state index contributed by atoms with van der Waals surface area (Å²) in [6.07, 6.45) is -3.09. The maximum absolute atomic E-state index is 14.1. The number of nitrogen functional groups attached to an aromatic ring is 1. The maximum atomic E-state index is 14.1. The first kappa shape index (κ1) is 13.9. The normalized spacial score (nSPS) is 29.3. The van der Waals surface area contributed by atoms with E-state index in [-0.39, 0.29) is 17.1 Å². The first-order chi connectivity index (χ1) is 10.1. The predicted octanol–water partition coefficient (Wildman–Crippen LogP) is -1.06. The minimum atomic E-state index is -1.51. The molecule has 1 unspecified atom stereocenters. The number of methoxy groups -OCH3 is 1. The van der Waals surface area contributed by atoms with Crippen molar-refractivity contribution in [3.63, 3.8) is 0 Å². The van der Waals surface area contributed by atoms with Gasteiger partial charge in [0.2, 0.25) is 5.95 Å². The van der Waals surface area contributed by atoms with Crippen molar-refractivity contribution < 1.29 is 19.0 Å². The number of anilines is 1. The summed E-state index contributed by atoms with van der Waals surface area (Å²) in [4.78, 5) is 22.0. The maximum Gasteiger partial charge on any atom is 0.280 e. The highest BCUT2D eigenvalue weighted by molar-refractivity contribution is 5.70. The smallest absolute Gasteiger partial charge is 0.280 e. The Morgan fingerprint density at radius 3 is 3.10 bits per heavy atom. The zero-order valence-corrected chi connectivity index (χ0v) is 11.1. The Bertz CT molecular complexity index is 716. The van der Waals surface area contributed by atoms with Crippen LogP contribution in [0.5, 0.6) is 0 Å². The van der Waals surface area contributed by atoms with Crippen LogP contribution in [0.15, 0.2) is 11.1 Å². The summed E-state index contributed by atoms with van der Waals surface area (Å²) >= 11 is 0. The molecule has 3 heterocycles. The van der Waals surface area contributed by atoms with E-state index in [0.717, 1.165) is 0 Å². The van der Waals surface area contributed by atoms with Crippen LogP contribution in [0.2, 0.25) is 0 Å². The number of hydrogen-bond acceptors (Lipinski definition) is 7. The van der Waals surface area contributed by atoms with E-state index in [1.54, 1.807) is 0 Å². The van der Waals surface area contributed by atoms with Crippen molar-refractivity contribution in [1.82, 2.24) is 19.5 Å². The molecule has 0 radical (unpaired) electrons. The number of aliphatic hydroxyl groups excluding tert-OH is 1. The summed E-state index contributed by atoms with van der Waals surface area (Å²) in [6.45, 7) is -0.486. The summed E-state index contributed by atoms with van der Waals surface area (Å²) < 4.78 is 26.0. The molecule has 1 saturated heterocycles. The highest BCUT2D eigenvalue weighted by Gasteiger charge is 2.46. The van der Waals surface area contributed by atoms with Crippen molar-refractivity contribution in [2.45, 2.75) is 24.6 Å². The molecule has 1 aliphatic rings. The van der Waals surface area contributed by atoms with E-state index in [4.69, 9.17) is 20.3 Å². The molecule has 114 valence electrons. The third-order valence-electron chi connectivity index (χ3n) is 3.44. The first-order valence-electron chi connectivity index (χ1n) is 6.22. The lowest BCUT2D eigenvalue weighted by Gasteiger charge is -2.19. The van der Waals surface area contributed by atoms with Gasteiger partial charge in [-0.25, -0.2) is 9.37 Å². The van der Waals surface area contributed by atoms with Crippen LogP contribution >= 0.6 is 0 Å². The summed E-state index contributed by atoms with van der Waals surface area (Å²) in [5.74, 6) is -0.0864. The molecule has 0 saturated carbocycles. The highest BCUT2D eigenvalue weighted by atomic mass is 19.1. The van der Waals surface area contributed by atoms with Crippen LogP contribution in [-0.2, 0) is 9.47 Å². The molecule has 10 heteroatoms. The third kappa shape index (κ3) is 2.07. The van der Waals surface area contributed by atoms with Crippen LogP contribution < -0.4 is 11.3 Å². The zero-order valence-electron chi connectivity index (χ0n) is 11.1. The number of rotatable bonds is 3. The van der Waals surface area contributed by atoms with Gasteiger partial charge in [0, 0.05) is 7.11 Å². The number of hydrogen-bond donors (Lipinski definition) is 3. The van der Waals surface area contributed by atoms with Gasteiger partial charge in [0.05, 0.1) is 12.9 Å². The molecule has 0 amide bonds. The molecule has 1 fully saturated rings. The fourth-order valence-electron chi connectivity index (χ4n) is 2.44. The first-order valence-corrected chi connectivity index (χ1v) is 6.22. The minimum Gasteiger partial charge on any atom is -0.394 e. The van der Waals surface area contributed by atoms with Gasteiger partial charge in [0.15, 0.2) is 23.6 Å². The molecular weight excluding hydrogens is 285 g/mol. The lowest BCUT2D eigenvalue weighted by Crippen LogP contribution is -2.31. The minimum absolute atomic E-state index is 0.0607. The van der Waals surface area contributed by atoms with Crippen molar-refractivity contribution in [3.8, 4) is 0 Å². The van der Waals surface area contributed by atoms with E-state index in [1.807, 2.05) is 0 Å². The summed E-state index contributed by atoms with van der Waals surface area (Å²) in [7, 11) is 1.33. The predicted molar refractivity (Wildman–Crippen MR) is 69.2 cm³/mol. The molecule has 4 N–H and O–H groups in total. The summed E-state index contributed by atoms with van der Waals surface area (Å²) in [5, 5.41) is 9.13. The number of aromatic amines is 1. The molecule has 1 aliphatic heterocycles. The van der Waals surface area contributed by atoms with Crippen molar-refractivity contribution >= 4 is 17.1 Å². The van der Waals surface area contributed by atoms with E-state index >= 15 is 0 Å². The van der Waals surface area contributed by atoms with E-state index in [9.17, 15) is 9.18 Å². The zero-order chi connectivity index (χ0) is 15.1. The van der Waals surface area contributed by atoms with Crippen molar-refractivity contribution in [2.24, 2.45) is 0 Å². The third-order valence-corrected chi connectivity index (χ3v) is 3.44. The lowest BCUT2D eigenvalue weighted by atomic mass is 10.1. The largest absolute Gasteiger partial charge is 0.394 e. The Morgan fingerprint density at radius 1 is 1.67 bits per heavy atom. The van der Waals surface area contributed by atoms with Gasteiger partial charge in [-0.15, -0.1) is 0 Å². The Balaban J connectivity index is 2.10. The highest BCUT2D eigenvalue weighted by Crippen LogP contribution is 2.34. The van der Waals surface area contributed by atoms with Gasteiger partial charge in [-0.2, -0.15) is 4.98 Å². The molecule has 2 aromatic heterocycles. The van der Waals surface area contributed by atoms with Gasteiger partial charge in [0.1, 0.15) is 12.2 Å². The second-order valence-corrected chi connectivity index (χ2v) is 4.67. The topological polar surface area (TPSA) is 128 Å². The Morgan fingerprint density at radius 2 is 2.43 bits per heavy atom. The molecule has 3 rings (SSSR count). The number of nitrogens with two attached hydrogens (primary N) is 1. The number of H-pyrrole nitrogens is 1. The SMILES string of the molecule is CO[C@H]1C(F)[C@@H](CO)O[C@H]1n1cnc2c(=O)[nH]c(N)nc21. The summed E-state index contributed by atoms with van der Waals surface area (Å²) in [6, 6.07) is 0. The van der Waals surface area contributed by atoms with E-state index < -0.39 is 36.8 Å². The number of nitrogens with zero attached hydrogens (tertiary/aromatic N) is 3. The lowest BCUT2D eigenvalue weighted by molar-refractivity contribution is -0.0583. The molecule has 0 aliphatic carbocycles. The number of alkyl halides is 1. The fourth-order valence-corrected chi connectivity index (χ4v) is 2.44. The second-order valence-electron chi connectivity index (χ2n) is 4.67. The Labute approximate surface area is 117 Å². The average Bonchev–Trinajstić information content (AvgIpc) is 2.99. The van der Waals surface area contributed by atoms with E-state index in [2.05, 4.69) is 15.0 Å². The van der Waals surface area contributed by atoms with Gasteiger partial charge in [-0.05, 0) is 0 Å². The number of imidazole rings is 1. The molecule has 9 nitrogen and oxygen atoms in total. The molecule has 0 spiro atoms. The number of halogens is 1. The number of fused-ring (bicyclic) bond motifs is 1. The Hall–Kier alpha value is -2.04. The van der Waals surface area contributed by atoms with E-state index in [0.29, 0.717) is 0 Å². The van der Waals surface area contributed by atoms with Crippen LogP contribution in [-0.4, -0.2) is 56.7 Å². The van der Waals surface area contributed by atoms with E-state index in [1.165, 1.54) is 18.0 Å². The number of ether oxygens (including phenoxy) is 2. The van der Waals surface area contributed by atoms with Gasteiger partial charge >= 0.3 is 0 Å². The van der Waals surface area contributed by atoms with Gasteiger partial charge < -0.3 is 20.3 Å². The Kier molecular flexibility index (Phi) is 3.35. The quantitative estimate of drug-likeness (QED) is 0.659. The standard InChI is InChI=1S/C11H14FN5O4/c1-20-7-5(12)4(2-18)21-10(7)17-3-14-6-8(17)15-11(13)16-9(6)19/h3-5,7,10,18H,2H2,1H3,(H3,13,15,16,19)/t4-,5?,7+,10-/m1/s1. The van der Waals surface area contributed by atoms with Crippen molar-refractivity contribution in [1.29, 1.82) is 0 Å². The van der Waals surface area contributed by atoms with Crippen molar-refractivity contribution in [2.75, 3.05) is 19.5 Å². The number of aromatic nitrogens is 4. The van der Waals surface area contributed by atoms with Crippen molar-refractivity contribution in [3.05, 3.63) is 16.7 Å². The second kappa shape index (κ2) is 5.06. The fraction of sp³-hybridized carbons (Fsp3) is 0.545. The summed E-state index contributed by atoms with van der Waals surface area (Å²) in [5.41, 5.74) is 5.23. The molecular formula is C11H14FN5O4. The van der Waals surface area contributed by atoms with Gasteiger partial charge in [-0.1, -0.05) is 0 Å². The molecule has 4 atom stereocenters. The molecule has 2 aromatic rings. The van der Waals surface area contributed by atoms with Crippen LogP contribution in [0.4, 0.5) is 10.3 Å². The van der Waals surface area contributed by atoms with Crippen LogP contribution in [0, 0.1) is 0 Å². The van der Waals surface area contributed by atoms with Crippen LogP contribution in [0.1, 0.15) is 6.23 Å². The molecule has 0 aromatic carbocycles. The van der Waals surface area contributed by atoms with Gasteiger partial charge in [0.25, 0.3) is 5.56 Å². The van der Waals surface area contributed by atoms with Gasteiger partial charge in [-0.3, -0.25) is 14.3 Å². The van der Waals surface area contributed by atoms with Crippen LogP contribution in [0.25, 0.3) is 11.2 Å². The molecule has 0 bridgehead atoms. The molecule has 21 heavy (non-hydrogen) atoms. The monoisotopic (exact) mass is 299 g/mol. The average molecular weight is 299 g/mol.